The Morgan fingerprint density at radius 2 is 1.77 bits per heavy atom. The third-order valence-corrected chi connectivity index (χ3v) is 6.43. The Kier molecular flexibility index (Phi) is 5.74. The molecule has 31 heavy (non-hydrogen) atoms. The number of aromatic amines is 1. The first-order valence-electron chi connectivity index (χ1n) is 9.03. The quantitative estimate of drug-likeness (QED) is 0.397. The summed E-state index contributed by atoms with van der Waals surface area (Å²) in [5, 5.41) is 1.96. The first-order chi connectivity index (χ1) is 14.9. The highest BCUT2D eigenvalue weighted by Crippen LogP contribution is 2.29. The molecule has 0 amide bonds. The number of esters is 1. The van der Waals surface area contributed by atoms with Crippen molar-refractivity contribution in [1.29, 1.82) is 0 Å². The lowest BCUT2D eigenvalue weighted by atomic mass is 10.2. The molecule has 0 atom stereocenters. The summed E-state index contributed by atoms with van der Waals surface area (Å²) in [6.45, 7) is 0. The van der Waals surface area contributed by atoms with Crippen LogP contribution < -0.4 is 9.46 Å². The average molecular weight is 456 g/mol. The van der Waals surface area contributed by atoms with Gasteiger partial charge in [0, 0.05) is 17.1 Å². The molecule has 2 N–H and O–H groups in total. The van der Waals surface area contributed by atoms with Crippen molar-refractivity contribution in [2.45, 2.75) is 4.90 Å². The third-order valence-electron chi connectivity index (χ3n) is 4.23. The molecule has 0 aliphatic rings. The van der Waals surface area contributed by atoms with E-state index in [0.717, 1.165) is 22.6 Å². The van der Waals surface area contributed by atoms with E-state index < -0.39 is 16.0 Å². The van der Waals surface area contributed by atoms with Crippen molar-refractivity contribution < 1.29 is 22.7 Å². The first kappa shape index (κ1) is 20.6. The third kappa shape index (κ3) is 4.76. The Morgan fingerprint density at radius 3 is 2.48 bits per heavy atom. The molecule has 0 spiro atoms. The van der Waals surface area contributed by atoms with Crippen molar-refractivity contribution >= 4 is 32.5 Å². The normalized spacial score (nSPS) is 11.1. The van der Waals surface area contributed by atoms with Crippen molar-refractivity contribution in [3.8, 4) is 22.8 Å². The molecule has 8 nitrogen and oxygen atoms in total. The molecule has 2 aromatic carbocycles. The number of hydrogen-bond donors (Lipinski definition) is 2. The van der Waals surface area contributed by atoms with Gasteiger partial charge in [-0.3, -0.25) is 4.72 Å². The summed E-state index contributed by atoms with van der Waals surface area (Å²) < 4.78 is 37.9. The van der Waals surface area contributed by atoms with Crippen LogP contribution in [0.25, 0.3) is 11.3 Å². The van der Waals surface area contributed by atoms with Crippen molar-refractivity contribution in [1.82, 2.24) is 9.97 Å². The van der Waals surface area contributed by atoms with E-state index in [1.807, 2.05) is 54.6 Å². The Hall–Kier alpha value is -3.63. The number of ether oxygens (including phenoxy) is 2. The Bertz CT molecular complexity index is 1300. The number of anilines is 1. The van der Waals surface area contributed by atoms with Crippen LogP contribution in [0.15, 0.2) is 77.1 Å². The van der Waals surface area contributed by atoms with Gasteiger partial charge in [-0.1, -0.05) is 18.2 Å². The lowest BCUT2D eigenvalue weighted by molar-refractivity contribution is 0.0594. The summed E-state index contributed by atoms with van der Waals surface area (Å²) in [6.07, 6.45) is 1.22. The van der Waals surface area contributed by atoms with Crippen molar-refractivity contribution in [2.24, 2.45) is 0 Å². The van der Waals surface area contributed by atoms with E-state index in [9.17, 15) is 13.2 Å². The van der Waals surface area contributed by atoms with Gasteiger partial charge in [0.15, 0.2) is 5.13 Å². The number of nitrogens with one attached hydrogen (secondary N) is 2. The molecule has 0 saturated heterocycles. The zero-order valence-corrected chi connectivity index (χ0v) is 17.9. The number of rotatable bonds is 7. The minimum absolute atomic E-state index is 0.0421. The maximum Gasteiger partial charge on any atom is 0.354 e. The van der Waals surface area contributed by atoms with Crippen LogP contribution in [0.4, 0.5) is 5.13 Å². The van der Waals surface area contributed by atoms with Crippen molar-refractivity contribution in [2.75, 3.05) is 11.8 Å². The van der Waals surface area contributed by atoms with Gasteiger partial charge in [0.25, 0.3) is 10.0 Å². The number of carbonyl (C=O) groups excluding carboxylic acids is 1. The van der Waals surface area contributed by atoms with E-state index >= 15 is 0 Å². The molecular weight excluding hydrogens is 438 g/mol. The number of H-pyrrole nitrogens is 1. The second-order valence-corrected chi connectivity index (χ2v) is 8.86. The van der Waals surface area contributed by atoms with Gasteiger partial charge in [-0.2, -0.15) is 0 Å². The van der Waals surface area contributed by atoms with Gasteiger partial charge in [0.2, 0.25) is 0 Å². The number of nitrogens with zero attached hydrogens (tertiary/aromatic N) is 1. The average Bonchev–Trinajstić information content (AvgIpc) is 3.45. The van der Waals surface area contributed by atoms with Crippen molar-refractivity contribution in [3.05, 3.63) is 77.9 Å². The molecule has 2 aromatic heterocycles. The largest absolute Gasteiger partial charge is 0.464 e. The van der Waals surface area contributed by atoms with E-state index in [-0.39, 0.29) is 15.7 Å². The number of para-hydroxylation sites is 1. The number of thiazole rings is 1. The molecular formula is C21H17N3O5S2. The Balaban J connectivity index is 1.46. The molecule has 158 valence electrons. The zero-order valence-electron chi connectivity index (χ0n) is 16.2. The summed E-state index contributed by atoms with van der Waals surface area (Å²) in [6, 6.07) is 18.0. The van der Waals surface area contributed by atoms with Crippen LogP contribution in [0, 0.1) is 0 Å². The smallest absolute Gasteiger partial charge is 0.354 e. The van der Waals surface area contributed by atoms with Gasteiger partial charge in [0.1, 0.15) is 22.1 Å². The van der Waals surface area contributed by atoms with Crippen molar-refractivity contribution in [3.63, 3.8) is 0 Å². The minimum atomic E-state index is -3.91. The number of methoxy groups -OCH3 is 1. The second-order valence-electron chi connectivity index (χ2n) is 6.32. The van der Waals surface area contributed by atoms with Crippen LogP contribution in [0.3, 0.4) is 0 Å². The number of sulfonamides is 1. The molecule has 0 unspecified atom stereocenters. The Morgan fingerprint density at radius 1 is 1.06 bits per heavy atom. The fraction of sp³-hybridized carbons (Fsp3) is 0.0476. The fourth-order valence-corrected chi connectivity index (χ4v) is 4.67. The highest BCUT2D eigenvalue weighted by molar-refractivity contribution is 7.93. The number of hydrogen-bond acceptors (Lipinski definition) is 7. The van der Waals surface area contributed by atoms with Crippen LogP contribution in [0.2, 0.25) is 0 Å². The van der Waals surface area contributed by atoms with Gasteiger partial charge in [-0.05, 0) is 42.5 Å². The SMILES string of the molecule is COC(=O)c1cc(S(=O)(=O)Nc2nc(-c3ccc(Oc4ccccc4)cc3)cs2)c[nH]1. The Labute approximate surface area is 182 Å². The summed E-state index contributed by atoms with van der Waals surface area (Å²) in [5.41, 5.74) is 1.48. The highest BCUT2D eigenvalue weighted by atomic mass is 32.2. The number of aromatic nitrogens is 2. The maximum absolute atomic E-state index is 12.6. The molecule has 0 saturated carbocycles. The maximum atomic E-state index is 12.6. The fourth-order valence-electron chi connectivity index (χ4n) is 2.70. The lowest BCUT2D eigenvalue weighted by Crippen LogP contribution is -2.12. The topological polar surface area (TPSA) is 110 Å². The predicted octanol–water partition coefficient (Wildman–Crippen LogP) is 4.52. The van der Waals surface area contributed by atoms with E-state index in [1.54, 1.807) is 5.38 Å². The van der Waals surface area contributed by atoms with Gasteiger partial charge in [-0.15, -0.1) is 11.3 Å². The molecule has 4 rings (SSSR count). The van der Waals surface area contributed by atoms with Gasteiger partial charge < -0.3 is 14.5 Å². The molecule has 10 heteroatoms. The van der Waals surface area contributed by atoms with Crippen LogP contribution >= 0.6 is 11.3 Å². The first-order valence-corrected chi connectivity index (χ1v) is 11.4. The van der Waals surface area contributed by atoms with Crippen LogP contribution in [0.1, 0.15) is 10.5 Å². The lowest BCUT2D eigenvalue weighted by Gasteiger charge is -2.06. The molecule has 0 radical (unpaired) electrons. The van der Waals surface area contributed by atoms with Gasteiger partial charge >= 0.3 is 5.97 Å². The zero-order chi connectivity index (χ0) is 21.8. The number of carbonyl (C=O) groups is 1. The highest BCUT2D eigenvalue weighted by Gasteiger charge is 2.20. The van der Waals surface area contributed by atoms with Gasteiger partial charge in [0.05, 0.1) is 12.8 Å². The minimum Gasteiger partial charge on any atom is -0.464 e. The van der Waals surface area contributed by atoms with Gasteiger partial charge in [-0.25, -0.2) is 18.2 Å². The molecule has 0 fully saturated rings. The number of benzene rings is 2. The predicted molar refractivity (Wildman–Crippen MR) is 117 cm³/mol. The van der Waals surface area contributed by atoms with E-state index in [4.69, 9.17) is 4.74 Å². The van der Waals surface area contributed by atoms with E-state index in [1.165, 1.54) is 19.4 Å². The van der Waals surface area contributed by atoms with Crippen LogP contribution in [-0.2, 0) is 14.8 Å². The summed E-state index contributed by atoms with van der Waals surface area (Å²) in [7, 11) is -2.69. The summed E-state index contributed by atoms with van der Waals surface area (Å²) in [4.78, 5) is 18.3. The van der Waals surface area contributed by atoms with E-state index in [2.05, 4.69) is 19.4 Å². The molecule has 0 bridgehead atoms. The second kappa shape index (κ2) is 8.62. The molecule has 2 heterocycles. The van der Waals surface area contributed by atoms with Crippen LogP contribution in [-0.4, -0.2) is 31.5 Å². The molecule has 0 aliphatic carbocycles. The molecule has 0 aliphatic heterocycles. The molecule has 4 aromatic rings. The van der Waals surface area contributed by atoms with Crippen LogP contribution in [0.5, 0.6) is 11.5 Å². The summed E-state index contributed by atoms with van der Waals surface area (Å²) >= 11 is 1.16. The standard InChI is InChI=1S/C21H17N3O5S2/c1-28-20(25)18-11-17(12-22-18)31(26,27)24-21-23-19(13-30-21)14-7-9-16(10-8-14)29-15-5-3-2-4-6-15/h2-13,22H,1H3,(H,23,24). The van der Waals surface area contributed by atoms with E-state index in [0.29, 0.717) is 11.4 Å². The monoisotopic (exact) mass is 455 g/mol. The summed E-state index contributed by atoms with van der Waals surface area (Å²) in [5.74, 6) is 0.762.